The van der Waals surface area contributed by atoms with Gasteiger partial charge >= 0.3 is 0 Å². The van der Waals surface area contributed by atoms with Crippen LogP contribution in [0.4, 0.5) is 0 Å². The Balaban J connectivity index is 3.35. The smallest absolute Gasteiger partial charge is 0.127 e. The quantitative estimate of drug-likeness (QED) is 0.288. The zero-order valence-electron chi connectivity index (χ0n) is 7.34. The van der Waals surface area contributed by atoms with Gasteiger partial charge in [-0.3, -0.25) is 0 Å². The van der Waals surface area contributed by atoms with Crippen molar-refractivity contribution in [1.82, 2.24) is 0 Å². The van der Waals surface area contributed by atoms with Gasteiger partial charge in [-0.2, -0.15) is 0 Å². The molecule has 0 aliphatic heterocycles. The summed E-state index contributed by atoms with van der Waals surface area (Å²) in [6.45, 7) is 3.74. The Morgan fingerprint density at radius 1 is 0.833 bits per heavy atom. The molecule has 0 N–H and O–H groups in total. The van der Waals surface area contributed by atoms with Crippen molar-refractivity contribution in [2.75, 3.05) is 0 Å². The molecule has 0 bridgehead atoms. The molecule has 6 heteroatoms. The zero-order chi connectivity index (χ0) is 9.83. The van der Waals surface area contributed by atoms with E-state index < -0.39 is 10.6 Å². The third-order valence-electron chi connectivity index (χ3n) is 1.48. The molecule has 0 heterocycles. The van der Waals surface area contributed by atoms with E-state index >= 15 is 0 Å². The van der Waals surface area contributed by atoms with Gasteiger partial charge in [-0.15, -0.1) is 15.3 Å². The highest BCUT2D eigenvalue weighted by Crippen LogP contribution is 2.34. The van der Waals surface area contributed by atoms with Gasteiger partial charge in [0.1, 0.15) is 6.69 Å². The van der Waals surface area contributed by atoms with Gasteiger partial charge in [0.2, 0.25) is 0 Å². The molecule has 0 atom stereocenters. The minimum Gasteiger partial charge on any atom is -0.127 e. The fourth-order valence-electron chi connectivity index (χ4n) is 0.871. The fourth-order valence-corrected chi connectivity index (χ4v) is 5.98. The molecule has 0 rings (SSSR count). The standard InChI is InChI=1S/C6H14Br4Si2/c1-11(2,7)5-3-4-6-12(8,9)10/h3-6H2,1-2H3. The van der Waals surface area contributed by atoms with Crippen LogP contribution in [0.25, 0.3) is 0 Å². The fraction of sp³-hybridized carbons (Fsp3) is 1.00. The SMILES string of the molecule is C[Si](C)(Br)CCCC[Si](Br)(Br)Br. The lowest BCUT2D eigenvalue weighted by Gasteiger charge is -2.14. The van der Waals surface area contributed by atoms with Crippen LogP contribution in [0.2, 0.25) is 25.2 Å². The summed E-state index contributed by atoms with van der Waals surface area (Å²) in [6.07, 6.45) is 2.66. The first-order valence-electron chi connectivity index (χ1n) is 3.96. The lowest BCUT2D eigenvalue weighted by molar-refractivity contribution is 0.869. The summed E-state index contributed by atoms with van der Waals surface area (Å²) < 4.78 is -1.32. The van der Waals surface area contributed by atoms with Crippen molar-refractivity contribution in [3.8, 4) is 0 Å². The van der Waals surface area contributed by atoms with E-state index in [1.165, 1.54) is 24.9 Å². The first-order chi connectivity index (χ1) is 5.21. The molecule has 0 spiro atoms. The molecule has 0 fully saturated rings. The van der Waals surface area contributed by atoms with E-state index in [9.17, 15) is 0 Å². The largest absolute Gasteiger partial charge is 0.267 e. The second-order valence-corrected chi connectivity index (χ2v) is 37.4. The van der Waals surface area contributed by atoms with Crippen molar-refractivity contribution in [2.24, 2.45) is 0 Å². The Bertz CT molecular complexity index is 110. The van der Waals surface area contributed by atoms with Crippen LogP contribution < -0.4 is 0 Å². The van der Waals surface area contributed by atoms with Crippen LogP contribution in [0.1, 0.15) is 12.8 Å². The van der Waals surface area contributed by atoms with Crippen LogP contribution in [0.3, 0.4) is 0 Å². The summed E-state index contributed by atoms with van der Waals surface area (Å²) in [5.74, 6) is 0. The summed E-state index contributed by atoms with van der Waals surface area (Å²) in [7, 11) is 0. The van der Waals surface area contributed by atoms with E-state index in [1.807, 2.05) is 0 Å². The Morgan fingerprint density at radius 2 is 1.25 bits per heavy atom. The zero-order valence-corrected chi connectivity index (χ0v) is 15.7. The third-order valence-corrected chi connectivity index (χ3v) is 8.70. The minimum atomic E-state index is -1.32. The molecule has 0 amide bonds. The summed E-state index contributed by atoms with van der Waals surface area (Å²) in [6, 6.07) is 2.63. The number of halogens is 4. The molecular formula is C6H14Br4Si2. The van der Waals surface area contributed by atoms with Gasteiger partial charge in [-0.05, 0) is 12.1 Å². The van der Waals surface area contributed by atoms with E-state index in [0.717, 1.165) is 0 Å². The Hall–Kier alpha value is 2.35. The molecule has 0 radical (unpaired) electrons. The van der Waals surface area contributed by atoms with Crippen LogP contribution in [0.15, 0.2) is 0 Å². The monoisotopic (exact) mass is 458 g/mol. The van der Waals surface area contributed by atoms with Crippen molar-refractivity contribution in [1.29, 1.82) is 0 Å². The molecule has 0 aromatic rings. The van der Waals surface area contributed by atoms with Crippen molar-refractivity contribution >= 4 is 71.8 Å². The van der Waals surface area contributed by atoms with E-state index in [0.29, 0.717) is 0 Å². The predicted octanol–water partition coefficient (Wildman–Crippen LogP) is 5.49. The van der Waals surface area contributed by atoms with E-state index in [4.69, 9.17) is 0 Å². The summed E-state index contributed by atoms with van der Waals surface area (Å²) in [5, 5.41) is 0. The lowest BCUT2D eigenvalue weighted by Crippen LogP contribution is -2.14. The van der Waals surface area contributed by atoms with Crippen molar-refractivity contribution in [3.05, 3.63) is 0 Å². The van der Waals surface area contributed by atoms with Crippen molar-refractivity contribution in [3.63, 3.8) is 0 Å². The molecule has 12 heavy (non-hydrogen) atoms. The number of hydrogen-bond acceptors (Lipinski definition) is 0. The minimum absolute atomic E-state index is 0.972. The summed E-state index contributed by atoms with van der Waals surface area (Å²) in [4.78, 5) is 0. The second-order valence-electron chi connectivity index (χ2n) is 3.54. The molecular weight excluding hydrogens is 448 g/mol. The summed E-state index contributed by atoms with van der Waals surface area (Å²) in [5.41, 5.74) is 0. The number of rotatable bonds is 5. The highest BCUT2D eigenvalue weighted by Gasteiger charge is 2.22. The maximum atomic E-state index is 3.77. The van der Waals surface area contributed by atoms with Gasteiger partial charge in [0.25, 0.3) is 3.93 Å². The molecule has 0 saturated heterocycles. The van der Waals surface area contributed by atoms with Gasteiger partial charge in [-0.25, -0.2) is 0 Å². The maximum absolute atomic E-state index is 3.77. The van der Waals surface area contributed by atoms with Crippen LogP contribution >= 0.6 is 61.2 Å². The van der Waals surface area contributed by atoms with Crippen LogP contribution in [0, 0.1) is 0 Å². The van der Waals surface area contributed by atoms with E-state index in [1.54, 1.807) is 0 Å². The second kappa shape index (κ2) is 6.05. The molecule has 74 valence electrons. The molecule has 0 aliphatic carbocycles. The van der Waals surface area contributed by atoms with E-state index in [-0.39, 0.29) is 0 Å². The average Bonchev–Trinajstić information content (AvgIpc) is 1.76. The Labute approximate surface area is 109 Å². The molecule has 0 aromatic carbocycles. The normalized spacial score (nSPS) is 13.5. The molecule has 0 saturated carbocycles. The Morgan fingerprint density at radius 3 is 1.58 bits per heavy atom. The number of unbranched alkanes of at least 4 members (excludes halogenated alkanes) is 1. The van der Waals surface area contributed by atoms with Crippen molar-refractivity contribution in [2.45, 2.75) is 38.0 Å². The topological polar surface area (TPSA) is 0 Å². The van der Waals surface area contributed by atoms with Gasteiger partial charge in [0.05, 0.1) is 0 Å². The highest BCUT2D eigenvalue weighted by atomic mass is 80.0. The predicted molar refractivity (Wildman–Crippen MR) is 77.8 cm³/mol. The first-order valence-corrected chi connectivity index (χ1v) is 18.4. The van der Waals surface area contributed by atoms with Gasteiger partial charge in [0.15, 0.2) is 0 Å². The highest BCUT2D eigenvalue weighted by molar-refractivity contribution is 9.72. The lowest BCUT2D eigenvalue weighted by atomic mass is 10.4. The van der Waals surface area contributed by atoms with Crippen molar-refractivity contribution < 1.29 is 0 Å². The van der Waals surface area contributed by atoms with Gasteiger partial charge in [-0.1, -0.05) is 71.8 Å². The third kappa shape index (κ3) is 12.4. The maximum Gasteiger partial charge on any atom is 0.267 e. The van der Waals surface area contributed by atoms with Crippen LogP contribution in [-0.4, -0.2) is 10.6 Å². The molecule has 0 nitrogen and oxygen atoms in total. The molecule has 0 aromatic heterocycles. The molecule has 0 unspecified atom stereocenters. The first kappa shape index (κ1) is 14.4. The average molecular weight is 462 g/mol. The molecule has 0 aliphatic rings. The van der Waals surface area contributed by atoms with Crippen LogP contribution in [0.5, 0.6) is 0 Å². The number of hydrogen-bond donors (Lipinski definition) is 0. The summed E-state index contributed by atoms with van der Waals surface area (Å²) >= 11 is 14.7. The Kier molecular flexibility index (Phi) is 7.24. The van der Waals surface area contributed by atoms with Gasteiger partial charge in [0, 0.05) is 0 Å². The van der Waals surface area contributed by atoms with Gasteiger partial charge < -0.3 is 0 Å². The van der Waals surface area contributed by atoms with Crippen LogP contribution in [-0.2, 0) is 0 Å². The van der Waals surface area contributed by atoms with E-state index in [2.05, 4.69) is 74.3 Å².